The number of piperidine rings is 1. The molecular formula is C16H26N4O3. The summed E-state index contributed by atoms with van der Waals surface area (Å²) in [6.45, 7) is 2.80. The van der Waals surface area contributed by atoms with Gasteiger partial charge in [0.2, 0.25) is 17.7 Å². The first-order valence-corrected chi connectivity index (χ1v) is 8.59. The van der Waals surface area contributed by atoms with Gasteiger partial charge in [-0.2, -0.15) is 0 Å². The van der Waals surface area contributed by atoms with Crippen molar-refractivity contribution < 1.29 is 14.4 Å². The van der Waals surface area contributed by atoms with Crippen molar-refractivity contribution in [1.29, 1.82) is 0 Å². The molecule has 0 aromatic rings. The van der Waals surface area contributed by atoms with Gasteiger partial charge in [-0.05, 0) is 37.5 Å². The van der Waals surface area contributed by atoms with Gasteiger partial charge in [-0.3, -0.25) is 14.4 Å². The van der Waals surface area contributed by atoms with E-state index in [0.717, 1.165) is 45.2 Å². The largest absolute Gasteiger partial charge is 0.369 e. The first-order chi connectivity index (χ1) is 11.0. The van der Waals surface area contributed by atoms with Crippen LogP contribution in [0.1, 0.15) is 38.5 Å². The first kappa shape index (κ1) is 16.2. The number of primary amides is 1. The second-order valence-electron chi connectivity index (χ2n) is 7.20. The summed E-state index contributed by atoms with van der Waals surface area (Å²) in [5.74, 6) is -0.774. The molecule has 23 heavy (non-hydrogen) atoms. The molecule has 3 rings (SSSR count). The minimum Gasteiger partial charge on any atom is -0.369 e. The van der Waals surface area contributed by atoms with Crippen molar-refractivity contribution in [2.45, 2.75) is 44.6 Å². The van der Waals surface area contributed by atoms with Gasteiger partial charge in [0.15, 0.2) is 0 Å². The van der Waals surface area contributed by atoms with E-state index >= 15 is 0 Å². The summed E-state index contributed by atoms with van der Waals surface area (Å²) >= 11 is 0. The van der Waals surface area contributed by atoms with Gasteiger partial charge in [-0.1, -0.05) is 0 Å². The van der Waals surface area contributed by atoms with Crippen LogP contribution in [0.25, 0.3) is 0 Å². The summed E-state index contributed by atoms with van der Waals surface area (Å²) < 4.78 is 0. The van der Waals surface area contributed by atoms with E-state index in [1.807, 2.05) is 4.90 Å². The molecule has 7 nitrogen and oxygen atoms in total. The number of nitrogens with zero attached hydrogens (tertiary/aromatic N) is 1. The Morgan fingerprint density at radius 3 is 2.78 bits per heavy atom. The smallest absolute Gasteiger partial charge is 0.237 e. The lowest BCUT2D eigenvalue weighted by atomic mass is 9.81. The molecule has 3 fully saturated rings. The number of likely N-dealkylation sites (tertiary alicyclic amines) is 1. The standard InChI is InChI=1S/C16H26N4O3/c17-14(22)11-9-16(4-5-16)10-19-13(11)15(23)18-6-2-8-20-7-1-3-12(20)21/h11,13,19H,1-10H2,(H2,17,22)(H,18,23). The first-order valence-electron chi connectivity index (χ1n) is 8.59. The molecule has 128 valence electrons. The third kappa shape index (κ3) is 3.65. The van der Waals surface area contributed by atoms with Crippen molar-refractivity contribution in [2.75, 3.05) is 26.2 Å². The van der Waals surface area contributed by atoms with Crippen molar-refractivity contribution in [3.8, 4) is 0 Å². The van der Waals surface area contributed by atoms with Crippen LogP contribution in [0.15, 0.2) is 0 Å². The molecule has 4 N–H and O–H groups in total. The summed E-state index contributed by atoms with van der Waals surface area (Å²) in [7, 11) is 0. The monoisotopic (exact) mass is 322 g/mol. The van der Waals surface area contributed by atoms with E-state index in [0.29, 0.717) is 19.5 Å². The molecule has 3 aliphatic rings. The van der Waals surface area contributed by atoms with Crippen molar-refractivity contribution in [3.63, 3.8) is 0 Å². The van der Waals surface area contributed by atoms with Crippen molar-refractivity contribution >= 4 is 17.7 Å². The van der Waals surface area contributed by atoms with E-state index in [2.05, 4.69) is 10.6 Å². The molecule has 2 unspecified atom stereocenters. The van der Waals surface area contributed by atoms with Crippen LogP contribution in [0, 0.1) is 11.3 Å². The Morgan fingerprint density at radius 2 is 2.17 bits per heavy atom. The highest BCUT2D eigenvalue weighted by atomic mass is 16.2. The number of amides is 3. The maximum Gasteiger partial charge on any atom is 0.237 e. The molecule has 2 aliphatic heterocycles. The van der Waals surface area contributed by atoms with Crippen LogP contribution < -0.4 is 16.4 Å². The lowest BCUT2D eigenvalue weighted by Gasteiger charge is -2.35. The van der Waals surface area contributed by atoms with Crippen molar-refractivity contribution in [3.05, 3.63) is 0 Å². The third-order valence-electron chi connectivity index (χ3n) is 5.43. The summed E-state index contributed by atoms with van der Waals surface area (Å²) in [4.78, 5) is 37.4. The van der Waals surface area contributed by atoms with Gasteiger partial charge in [-0.25, -0.2) is 0 Å². The van der Waals surface area contributed by atoms with E-state index in [1.165, 1.54) is 0 Å². The zero-order chi connectivity index (χ0) is 16.4. The molecule has 1 spiro atoms. The molecule has 2 saturated heterocycles. The van der Waals surface area contributed by atoms with Gasteiger partial charge < -0.3 is 21.3 Å². The highest BCUT2D eigenvalue weighted by molar-refractivity contribution is 5.89. The SMILES string of the molecule is NC(=O)C1CC2(CC2)CNC1C(=O)NCCCN1CCCC1=O. The average Bonchev–Trinajstić information content (AvgIpc) is 3.14. The Labute approximate surface area is 136 Å². The van der Waals surface area contributed by atoms with Gasteiger partial charge in [0.25, 0.3) is 0 Å². The Balaban J connectivity index is 1.43. The van der Waals surface area contributed by atoms with Gasteiger partial charge in [0.1, 0.15) is 0 Å². The number of nitrogens with one attached hydrogen (secondary N) is 2. The Bertz CT molecular complexity index is 504. The molecule has 2 heterocycles. The molecule has 2 atom stereocenters. The molecule has 0 radical (unpaired) electrons. The minimum absolute atomic E-state index is 0.156. The predicted octanol–water partition coefficient (Wildman–Crippen LogP) is -0.641. The lowest BCUT2D eigenvalue weighted by Crippen LogP contribution is -2.57. The highest BCUT2D eigenvalue weighted by Crippen LogP contribution is 2.52. The Hall–Kier alpha value is -1.63. The number of hydrogen-bond donors (Lipinski definition) is 3. The quantitative estimate of drug-likeness (QED) is 0.566. The Morgan fingerprint density at radius 1 is 1.39 bits per heavy atom. The average molecular weight is 322 g/mol. The molecule has 0 aromatic carbocycles. The zero-order valence-electron chi connectivity index (χ0n) is 13.5. The second-order valence-corrected chi connectivity index (χ2v) is 7.20. The fraction of sp³-hybridized carbons (Fsp3) is 0.812. The second kappa shape index (κ2) is 6.47. The highest BCUT2D eigenvalue weighted by Gasteiger charge is 2.51. The molecule has 0 bridgehead atoms. The van der Waals surface area contributed by atoms with E-state index in [4.69, 9.17) is 5.73 Å². The maximum absolute atomic E-state index is 12.3. The van der Waals surface area contributed by atoms with Gasteiger partial charge in [-0.15, -0.1) is 0 Å². The van der Waals surface area contributed by atoms with Gasteiger partial charge in [0, 0.05) is 32.6 Å². The minimum atomic E-state index is -0.521. The number of hydrogen-bond acceptors (Lipinski definition) is 4. The zero-order valence-corrected chi connectivity index (χ0v) is 13.5. The fourth-order valence-corrected chi connectivity index (χ4v) is 3.76. The predicted molar refractivity (Wildman–Crippen MR) is 84.2 cm³/mol. The van der Waals surface area contributed by atoms with Crippen LogP contribution in [0.2, 0.25) is 0 Å². The number of nitrogens with two attached hydrogens (primary N) is 1. The van der Waals surface area contributed by atoms with E-state index < -0.39 is 17.9 Å². The molecule has 1 aliphatic carbocycles. The topological polar surface area (TPSA) is 105 Å². The summed E-state index contributed by atoms with van der Waals surface area (Å²) in [5.41, 5.74) is 5.69. The summed E-state index contributed by atoms with van der Waals surface area (Å²) in [6, 6.07) is -0.521. The van der Waals surface area contributed by atoms with Crippen LogP contribution in [0.4, 0.5) is 0 Å². The molecular weight excluding hydrogens is 296 g/mol. The van der Waals surface area contributed by atoms with E-state index in [9.17, 15) is 14.4 Å². The van der Waals surface area contributed by atoms with Gasteiger partial charge in [0.05, 0.1) is 12.0 Å². The number of rotatable bonds is 6. The summed E-state index contributed by atoms with van der Waals surface area (Å²) in [6.07, 6.45) is 5.24. The van der Waals surface area contributed by atoms with E-state index in [1.54, 1.807) is 0 Å². The maximum atomic E-state index is 12.3. The van der Waals surface area contributed by atoms with Crippen LogP contribution in [-0.2, 0) is 14.4 Å². The van der Waals surface area contributed by atoms with Crippen LogP contribution >= 0.6 is 0 Å². The normalized spacial score (nSPS) is 28.9. The third-order valence-corrected chi connectivity index (χ3v) is 5.43. The number of carbonyl (C=O) groups excluding carboxylic acids is 3. The van der Waals surface area contributed by atoms with Crippen LogP contribution in [0.5, 0.6) is 0 Å². The molecule has 1 saturated carbocycles. The van der Waals surface area contributed by atoms with Crippen molar-refractivity contribution in [2.24, 2.45) is 17.1 Å². The van der Waals surface area contributed by atoms with E-state index in [-0.39, 0.29) is 17.2 Å². The fourth-order valence-electron chi connectivity index (χ4n) is 3.76. The lowest BCUT2D eigenvalue weighted by molar-refractivity contribution is -0.133. The number of carbonyl (C=O) groups is 3. The van der Waals surface area contributed by atoms with Crippen LogP contribution in [0.3, 0.4) is 0 Å². The van der Waals surface area contributed by atoms with Crippen LogP contribution in [-0.4, -0.2) is 54.8 Å². The van der Waals surface area contributed by atoms with Gasteiger partial charge >= 0.3 is 0 Å². The Kier molecular flexibility index (Phi) is 4.57. The van der Waals surface area contributed by atoms with Crippen molar-refractivity contribution in [1.82, 2.24) is 15.5 Å². The molecule has 3 amide bonds. The summed E-state index contributed by atoms with van der Waals surface area (Å²) in [5, 5.41) is 6.09. The molecule has 7 heteroatoms. The molecule has 0 aromatic heterocycles.